The second kappa shape index (κ2) is 8.29. The Kier molecular flexibility index (Phi) is 5.34. The summed E-state index contributed by atoms with van der Waals surface area (Å²) in [7, 11) is 0. The molecule has 2 saturated carbocycles. The maximum atomic E-state index is 12.9. The molecule has 7 heteroatoms. The summed E-state index contributed by atoms with van der Waals surface area (Å²) in [6, 6.07) is 6.30. The maximum absolute atomic E-state index is 12.9. The van der Waals surface area contributed by atoms with Gasteiger partial charge in [-0.2, -0.15) is 10.1 Å². The van der Waals surface area contributed by atoms with Gasteiger partial charge in [0.15, 0.2) is 0 Å². The van der Waals surface area contributed by atoms with Crippen molar-refractivity contribution in [3.63, 3.8) is 0 Å². The molecule has 0 aliphatic heterocycles. The fraction of sp³-hybridized carbons (Fsp3) is 0.500. The Morgan fingerprint density at radius 3 is 2.61 bits per heavy atom. The van der Waals surface area contributed by atoms with Crippen molar-refractivity contribution in [3.8, 4) is 17.1 Å². The van der Waals surface area contributed by atoms with E-state index < -0.39 is 0 Å². The lowest BCUT2D eigenvalue weighted by Crippen LogP contribution is -2.34. The van der Waals surface area contributed by atoms with Gasteiger partial charge < -0.3 is 9.84 Å². The number of hydrogen-bond donors (Lipinski definition) is 1. The normalized spacial score (nSPS) is 17.5. The summed E-state index contributed by atoms with van der Waals surface area (Å²) in [6.07, 6.45) is 11.1. The first-order valence-electron chi connectivity index (χ1n) is 11.4. The minimum atomic E-state index is -0.0308. The second-order valence-corrected chi connectivity index (χ2v) is 8.97. The summed E-state index contributed by atoms with van der Waals surface area (Å²) in [6.45, 7) is 3.92. The van der Waals surface area contributed by atoms with Crippen LogP contribution in [0, 0.1) is 13.8 Å². The number of carbonyl (C=O) groups is 1. The van der Waals surface area contributed by atoms with Gasteiger partial charge in [0, 0.05) is 23.7 Å². The van der Waals surface area contributed by atoms with E-state index in [1.807, 2.05) is 38.2 Å². The Balaban J connectivity index is 1.39. The number of aryl methyl sites for hydroxylation is 2. The van der Waals surface area contributed by atoms with Gasteiger partial charge >= 0.3 is 0 Å². The summed E-state index contributed by atoms with van der Waals surface area (Å²) in [5.41, 5.74) is 4.21. The number of benzene rings is 1. The Bertz CT molecular complexity index is 1090. The molecule has 0 unspecified atom stereocenters. The summed E-state index contributed by atoms with van der Waals surface area (Å²) in [5, 5.41) is 12.0. The second-order valence-electron chi connectivity index (χ2n) is 8.97. The molecule has 2 aromatic heterocycles. The van der Waals surface area contributed by atoms with E-state index >= 15 is 0 Å². The maximum Gasteiger partial charge on any atom is 0.254 e. The average Bonchev–Trinajstić information content (AvgIpc) is 3.45. The van der Waals surface area contributed by atoms with Gasteiger partial charge in [-0.15, -0.1) is 0 Å². The minimum absolute atomic E-state index is 0.0308. The van der Waals surface area contributed by atoms with Crippen molar-refractivity contribution >= 4 is 5.91 Å². The highest BCUT2D eigenvalue weighted by molar-refractivity contribution is 5.95. The van der Waals surface area contributed by atoms with Gasteiger partial charge in [-0.3, -0.25) is 4.79 Å². The molecular weight excluding hydrogens is 390 g/mol. The van der Waals surface area contributed by atoms with Gasteiger partial charge in [-0.25, -0.2) is 4.68 Å². The van der Waals surface area contributed by atoms with Gasteiger partial charge in [0.25, 0.3) is 5.91 Å². The van der Waals surface area contributed by atoms with Crippen LogP contribution in [0.25, 0.3) is 17.1 Å². The molecule has 2 aliphatic rings. The largest absolute Gasteiger partial charge is 0.349 e. The smallest absolute Gasteiger partial charge is 0.254 e. The Morgan fingerprint density at radius 2 is 1.87 bits per heavy atom. The van der Waals surface area contributed by atoms with Crippen molar-refractivity contribution < 1.29 is 9.32 Å². The zero-order chi connectivity index (χ0) is 21.4. The summed E-state index contributed by atoms with van der Waals surface area (Å²) in [5.74, 6) is 1.72. The zero-order valence-corrected chi connectivity index (χ0v) is 18.2. The standard InChI is InChI=1S/C24H29N5O2/c1-15-9-10-18(22-26-24(31-28-22)17-11-12-17)13-21(15)29-14-20(16(2)27-29)23(30)25-19-7-5-3-4-6-8-19/h9-10,13-14,17,19H,3-8,11-12H2,1-2H3,(H,25,30). The lowest BCUT2D eigenvalue weighted by Gasteiger charge is -2.15. The summed E-state index contributed by atoms with van der Waals surface area (Å²) in [4.78, 5) is 17.5. The minimum Gasteiger partial charge on any atom is -0.349 e. The molecule has 162 valence electrons. The average molecular weight is 420 g/mol. The van der Waals surface area contributed by atoms with Crippen LogP contribution in [0.2, 0.25) is 0 Å². The third kappa shape index (κ3) is 4.27. The van der Waals surface area contributed by atoms with E-state index in [1.165, 1.54) is 25.7 Å². The van der Waals surface area contributed by atoms with Crippen LogP contribution in [-0.2, 0) is 0 Å². The number of amides is 1. The first-order valence-corrected chi connectivity index (χ1v) is 11.4. The van der Waals surface area contributed by atoms with Gasteiger partial charge in [-0.1, -0.05) is 43.0 Å². The predicted octanol–water partition coefficient (Wildman–Crippen LogP) is 4.87. The van der Waals surface area contributed by atoms with E-state index in [9.17, 15) is 4.79 Å². The van der Waals surface area contributed by atoms with Crippen LogP contribution in [-0.4, -0.2) is 31.9 Å². The molecule has 3 aromatic rings. The topological polar surface area (TPSA) is 85.8 Å². The molecule has 7 nitrogen and oxygen atoms in total. The van der Waals surface area contributed by atoms with E-state index in [1.54, 1.807) is 4.68 Å². The first-order chi connectivity index (χ1) is 15.1. The predicted molar refractivity (Wildman–Crippen MR) is 117 cm³/mol. The molecule has 0 spiro atoms. The Morgan fingerprint density at radius 1 is 1.10 bits per heavy atom. The van der Waals surface area contributed by atoms with Crippen molar-refractivity contribution in [2.75, 3.05) is 0 Å². The third-order valence-corrected chi connectivity index (χ3v) is 6.42. The fourth-order valence-corrected chi connectivity index (χ4v) is 4.34. The lowest BCUT2D eigenvalue weighted by atomic mass is 10.1. The molecule has 0 atom stereocenters. The number of aromatic nitrogens is 4. The highest BCUT2D eigenvalue weighted by Crippen LogP contribution is 2.39. The number of hydrogen-bond acceptors (Lipinski definition) is 5. The SMILES string of the molecule is Cc1ccc(-c2noc(C3CC3)n2)cc1-n1cc(C(=O)NC2CCCCCC2)c(C)n1. The molecule has 0 radical (unpaired) electrons. The molecule has 2 heterocycles. The van der Waals surface area contributed by atoms with Crippen molar-refractivity contribution in [1.82, 2.24) is 25.2 Å². The van der Waals surface area contributed by atoms with Crippen molar-refractivity contribution in [1.29, 1.82) is 0 Å². The van der Waals surface area contributed by atoms with Crippen molar-refractivity contribution in [3.05, 3.63) is 47.1 Å². The molecule has 1 aromatic carbocycles. The number of rotatable bonds is 5. The van der Waals surface area contributed by atoms with E-state index in [4.69, 9.17) is 4.52 Å². The Labute approximate surface area is 182 Å². The highest BCUT2D eigenvalue weighted by atomic mass is 16.5. The van der Waals surface area contributed by atoms with E-state index in [0.29, 0.717) is 17.3 Å². The van der Waals surface area contributed by atoms with E-state index in [-0.39, 0.29) is 11.9 Å². The first kappa shape index (κ1) is 20.0. The van der Waals surface area contributed by atoms with Gasteiger partial charge in [-0.05, 0) is 51.2 Å². The molecular formula is C24H29N5O2. The van der Waals surface area contributed by atoms with Crippen molar-refractivity contribution in [2.24, 2.45) is 0 Å². The van der Waals surface area contributed by atoms with Gasteiger partial charge in [0.05, 0.1) is 16.9 Å². The monoisotopic (exact) mass is 419 g/mol. The van der Waals surface area contributed by atoms with Crippen molar-refractivity contribution in [2.45, 2.75) is 77.2 Å². The van der Waals surface area contributed by atoms with Gasteiger partial charge in [0.1, 0.15) is 0 Å². The van der Waals surface area contributed by atoms with Crippen LogP contribution in [0.4, 0.5) is 0 Å². The van der Waals surface area contributed by atoms with E-state index in [2.05, 4.69) is 20.6 Å². The molecule has 31 heavy (non-hydrogen) atoms. The Hall–Kier alpha value is -2.96. The molecule has 2 fully saturated rings. The number of nitrogens with zero attached hydrogens (tertiary/aromatic N) is 4. The van der Waals surface area contributed by atoms with Crippen LogP contribution >= 0.6 is 0 Å². The highest BCUT2D eigenvalue weighted by Gasteiger charge is 2.30. The van der Waals surface area contributed by atoms with Crippen LogP contribution in [0.1, 0.15) is 84.8 Å². The third-order valence-electron chi connectivity index (χ3n) is 6.42. The van der Waals surface area contributed by atoms with E-state index in [0.717, 1.165) is 54.1 Å². The lowest BCUT2D eigenvalue weighted by molar-refractivity contribution is 0.0932. The summed E-state index contributed by atoms with van der Waals surface area (Å²) >= 11 is 0. The van der Waals surface area contributed by atoms with Crippen LogP contribution in [0.3, 0.4) is 0 Å². The quantitative estimate of drug-likeness (QED) is 0.596. The molecule has 0 saturated heterocycles. The zero-order valence-electron chi connectivity index (χ0n) is 18.2. The van der Waals surface area contributed by atoms with Crippen LogP contribution < -0.4 is 5.32 Å². The molecule has 5 rings (SSSR count). The number of carbonyl (C=O) groups excluding carboxylic acids is 1. The molecule has 1 N–H and O–H groups in total. The molecule has 0 bridgehead atoms. The summed E-state index contributed by atoms with van der Waals surface area (Å²) < 4.78 is 7.21. The fourth-order valence-electron chi connectivity index (χ4n) is 4.34. The van der Waals surface area contributed by atoms with Crippen LogP contribution in [0.15, 0.2) is 28.9 Å². The number of nitrogens with one attached hydrogen (secondary N) is 1. The molecule has 1 amide bonds. The van der Waals surface area contributed by atoms with Crippen LogP contribution in [0.5, 0.6) is 0 Å². The van der Waals surface area contributed by atoms with Gasteiger partial charge in [0.2, 0.25) is 11.7 Å². The molecule has 2 aliphatic carbocycles.